The van der Waals surface area contributed by atoms with Gasteiger partial charge in [0.2, 0.25) is 0 Å². The Morgan fingerprint density at radius 3 is 2.20 bits per heavy atom. The van der Waals surface area contributed by atoms with Gasteiger partial charge in [0.15, 0.2) is 0 Å². The lowest BCUT2D eigenvalue weighted by Gasteiger charge is -2.23. The average molecular weight is 409 g/mol. The lowest BCUT2D eigenvalue weighted by molar-refractivity contribution is -0.146. The molecular formula is C25H32N2O3. The van der Waals surface area contributed by atoms with Gasteiger partial charge in [0.25, 0.3) is 5.91 Å². The molecule has 0 aliphatic carbocycles. The Bertz CT molecular complexity index is 872. The van der Waals surface area contributed by atoms with Gasteiger partial charge in [0, 0.05) is 18.2 Å². The summed E-state index contributed by atoms with van der Waals surface area (Å²) in [7, 11) is 1.31. The van der Waals surface area contributed by atoms with E-state index in [-0.39, 0.29) is 5.91 Å². The number of nitrogens with zero attached hydrogens (tertiary/aromatic N) is 1. The summed E-state index contributed by atoms with van der Waals surface area (Å²) in [6.07, 6.45) is 3.70. The SMILES string of the molecule is COC(=O)C(C)(C)NC(=O)c1ccc(-c2ccc(CCN3CCCC3C)cc2)cc1. The number of hydrogen-bond acceptors (Lipinski definition) is 4. The van der Waals surface area contributed by atoms with Crippen molar-refractivity contribution in [2.45, 2.75) is 51.6 Å². The van der Waals surface area contributed by atoms with E-state index < -0.39 is 11.5 Å². The molecule has 1 aliphatic rings. The molecule has 0 bridgehead atoms. The molecule has 3 rings (SSSR count). The van der Waals surface area contributed by atoms with Crippen LogP contribution in [0.3, 0.4) is 0 Å². The molecule has 1 amide bonds. The highest BCUT2D eigenvalue weighted by molar-refractivity contribution is 5.98. The summed E-state index contributed by atoms with van der Waals surface area (Å²) >= 11 is 0. The predicted molar refractivity (Wildman–Crippen MR) is 119 cm³/mol. The second-order valence-electron chi connectivity index (χ2n) is 8.62. The smallest absolute Gasteiger partial charge is 0.330 e. The van der Waals surface area contributed by atoms with Crippen molar-refractivity contribution in [2.24, 2.45) is 0 Å². The molecule has 1 N–H and O–H groups in total. The minimum absolute atomic E-state index is 0.302. The number of benzene rings is 2. The minimum Gasteiger partial charge on any atom is -0.467 e. The fourth-order valence-electron chi connectivity index (χ4n) is 3.94. The molecule has 0 spiro atoms. The molecule has 0 saturated carbocycles. The summed E-state index contributed by atoms with van der Waals surface area (Å²) < 4.78 is 4.73. The number of hydrogen-bond donors (Lipinski definition) is 1. The number of ether oxygens (including phenoxy) is 1. The Morgan fingerprint density at radius 1 is 1.07 bits per heavy atom. The maximum atomic E-state index is 12.5. The standard InChI is InChI=1S/C25H32N2O3/c1-18-6-5-16-27(18)17-15-19-7-9-20(10-8-19)21-11-13-22(14-12-21)23(28)26-25(2,3)24(29)30-4/h7-14,18H,5-6,15-17H2,1-4H3,(H,26,28). The highest BCUT2D eigenvalue weighted by atomic mass is 16.5. The molecule has 0 radical (unpaired) electrons. The molecule has 1 fully saturated rings. The van der Waals surface area contributed by atoms with Crippen LogP contribution < -0.4 is 5.32 Å². The Kier molecular flexibility index (Phi) is 6.93. The number of carbonyl (C=O) groups is 2. The van der Waals surface area contributed by atoms with Crippen molar-refractivity contribution in [2.75, 3.05) is 20.2 Å². The van der Waals surface area contributed by atoms with E-state index in [0.717, 1.165) is 24.1 Å². The number of nitrogens with one attached hydrogen (secondary N) is 1. The van der Waals surface area contributed by atoms with Crippen LogP contribution in [0.25, 0.3) is 11.1 Å². The number of esters is 1. The van der Waals surface area contributed by atoms with Gasteiger partial charge in [-0.15, -0.1) is 0 Å². The number of likely N-dealkylation sites (tertiary alicyclic amines) is 1. The molecule has 30 heavy (non-hydrogen) atoms. The van der Waals surface area contributed by atoms with Crippen molar-refractivity contribution in [1.82, 2.24) is 10.2 Å². The molecule has 1 unspecified atom stereocenters. The summed E-state index contributed by atoms with van der Waals surface area (Å²) in [5, 5.41) is 2.71. The zero-order chi connectivity index (χ0) is 21.7. The molecule has 5 nitrogen and oxygen atoms in total. The third kappa shape index (κ3) is 5.28. The van der Waals surface area contributed by atoms with Crippen LogP contribution in [0.4, 0.5) is 0 Å². The van der Waals surface area contributed by atoms with Gasteiger partial charge in [-0.25, -0.2) is 4.79 Å². The Morgan fingerprint density at radius 2 is 1.67 bits per heavy atom. The molecule has 160 valence electrons. The van der Waals surface area contributed by atoms with E-state index in [2.05, 4.69) is 41.4 Å². The van der Waals surface area contributed by atoms with Gasteiger partial charge >= 0.3 is 5.97 Å². The number of methoxy groups -OCH3 is 1. The van der Waals surface area contributed by atoms with Crippen LogP contribution in [-0.4, -0.2) is 48.6 Å². The highest BCUT2D eigenvalue weighted by Gasteiger charge is 2.30. The first-order valence-electron chi connectivity index (χ1n) is 10.6. The van der Waals surface area contributed by atoms with E-state index in [1.54, 1.807) is 26.0 Å². The number of amides is 1. The molecule has 2 aromatic carbocycles. The topological polar surface area (TPSA) is 58.6 Å². The molecule has 5 heteroatoms. The molecule has 1 saturated heterocycles. The van der Waals surface area contributed by atoms with Crippen LogP contribution >= 0.6 is 0 Å². The van der Waals surface area contributed by atoms with Crippen molar-refractivity contribution in [3.63, 3.8) is 0 Å². The quantitative estimate of drug-likeness (QED) is 0.702. The minimum atomic E-state index is -1.08. The highest BCUT2D eigenvalue weighted by Crippen LogP contribution is 2.22. The van der Waals surface area contributed by atoms with E-state index in [4.69, 9.17) is 4.74 Å². The normalized spacial score (nSPS) is 17.0. The summed E-state index contributed by atoms with van der Waals surface area (Å²) in [4.78, 5) is 26.8. The molecule has 1 heterocycles. The summed E-state index contributed by atoms with van der Waals surface area (Å²) in [6.45, 7) is 7.90. The van der Waals surface area contributed by atoms with E-state index in [1.807, 2.05) is 12.1 Å². The largest absolute Gasteiger partial charge is 0.467 e. The van der Waals surface area contributed by atoms with Gasteiger partial charge in [0.05, 0.1) is 7.11 Å². The fraction of sp³-hybridized carbons (Fsp3) is 0.440. The Balaban J connectivity index is 1.60. The fourth-order valence-corrected chi connectivity index (χ4v) is 3.94. The van der Waals surface area contributed by atoms with Gasteiger partial charge in [-0.2, -0.15) is 0 Å². The average Bonchev–Trinajstić information content (AvgIpc) is 3.16. The first-order valence-corrected chi connectivity index (χ1v) is 10.6. The maximum Gasteiger partial charge on any atom is 0.330 e. The lowest BCUT2D eigenvalue weighted by Crippen LogP contribution is -2.50. The molecular weight excluding hydrogens is 376 g/mol. The van der Waals surface area contributed by atoms with E-state index in [9.17, 15) is 9.59 Å². The second kappa shape index (κ2) is 9.43. The van der Waals surface area contributed by atoms with Crippen molar-refractivity contribution in [1.29, 1.82) is 0 Å². The maximum absolute atomic E-state index is 12.5. The van der Waals surface area contributed by atoms with Gasteiger partial charge in [0.1, 0.15) is 5.54 Å². The number of carbonyl (C=O) groups excluding carboxylic acids is 2. The zero-order valence-electron chi connectivity index (χ0n) is 18.4. The third-order valence-electron chi connectivity index (χ3n) is 5.93. The Labute approximate surface area is 179 Å². The summed E-state index contributed by atoms with van der Waals surface area (Å²) in [5.74, 6) is -0.782. The molecule has 2 aromatic rings. The van der Waals surface area contributed by atoms with Gasteiger partial charge < -0.3 is 15.0 Å². The monoisotopic (exact) mass is 408 g/mol. The zero-order valence-corrected chi connectivity index (χ0v) is 18.4. The second-order valence-corrected chi connectivity index (χ2v) is 8.62. The van der Waals surface area contributed by atoms with E-state index in [0.29, 0.717) is 11.6 Å². The van der Waals surface area contributed by atoms with Crippen LogP contribution in [0.2, 0.25) is 0 Å². The van der Waals surface area contributed by atoms with Crippen LogP contribution in [0, 0.1) is 0 Å². The predicted octanol–water partition coefficient (Wildman–Crippen LogP) is 4.06. The number of rotatable bonds is 7. The summed E-state index contributed by atoms with van der Waals surface area (Å²) in [5.41, 5.74) is 2.95. The van der Waals surface area contributed by atoms with Gasteiger partial charge in [-0.1, -0.05) is 36.4 Å². The first kappa shape index (κ1) is 22.0. The summed E-state index contributed by atoms with van der Waals surface area (Å²) in [6, 6.07) is 16.8. The van der Waals surface area contributed by atoms with Crippen molar-refractivity contribution >= 4 is 11.9 Å². The van der Waals surface area contributed by atoms with Crippen LogP contribution in [0.15, 0.2) is 48.5 Å². The van der Waals surface area contributed by atoms with E-state index >= 15 is 0 Å². The van der Waals surface area contributed by atoms with Crippen molar-refractivity contribution < 1.29 is 14.3 Å². The van der Waals surface area contributed by atoms with Crippen molar-refractivity contribution in [3.05, 3.63) is 59.7 Å². The van der Waals surface area contributed by atoms with Crippen LogP contribution in [0.5, 0.6) is 0 Å². The van der Waals surface area contributed by atoms with E-state index in [1.165, 1.54) is 32.1 Å². The lowest BCUT2D eigenvalue weighted by atomic mass is 10.0. The van der Waals surface area contributed by atoms with Crippen LogP contribution in [-0.2, 0) is 16.0 Å². The third-order valence-corrected chi connectivity index (χ3v) is 5.93. The molecule has 1 aliphatic heterocycles. The van der Waals surface area contributed by atoms with Crippen LogP contribution in [0.1, 0.15) is 49.5 Å². The first-order chi connectivity index (χ1) is 14.3. The molecule has 1 atom stereocenters. The van der Waals surface area contributed by atoms with Gasteiger partial charge in [-0.05, 0) is 75.4 Å². The molecule has 0 aromatic heterocycles. The van der Waals surface area contributed by atoms with Crippen molar-refractivity contribution in [3.8, 4) is 11.1 Å². The Hall–Kier alpha value is -2.66. The van der Waals surface area contributed by atoms with Gasteiger partial charge in [-0.3, -0.25) is 4.79 Å².